The van der Waals surface area contributed by atoms with Crippen LogP contribution in [0.5, 0.6) is 11.5 Å². The summed E-state index contributed by atoms with van der Waals surface area (Å²) >= 11 is 0. The van der Waals surface area contributed by atoms with Crippen LogP contribution in [-0.2, 0) is 9.53 Å². The van der Waals surface area contributed by atoms with Gasteiger partial charge in [-0.15, -0.1) is 0 Å². The van der Waals surface area contributed by atoms with Crippen molar-refractivity contribution in [3.8, 4) is 11.5 Å². The first-order valence-corrected chi connectivity index (χ1v) is 12.7. The summed E-state index contributed by atoms with van der Waals surface area (Å²) in [6, 6.07) is 9.54. The van der Waals surface area contributed by atoms with Gasteiger partial charge in [0.25, 0.3) is 6.47 Å². The van der Waals surface area contributed by atoms with Crippen molar-refractivity contribution in [2.45, 2.75) is 67.2 Å². The number of carbonyl (C=O) groups is 2. The largest absolute Gasteiger partial charge is 0.507 e. The number of methoxy groups -OCH3 is 1. The summed E-state index contributed by atoms with van der Waals surface area (Å²) in [7, 11) is 3.13. The molecule has 0 saturated heterocycles. The minimum atomic E-state index is -0.763. The highest BCUT2D eigenvalue weighted by Gasteiger charge is 2.22. The van der Waals surface area contributed by atoms with Gasteiger partial charge in [-0.25, -0.2) is 4.79 Å². The molecule has 0 aliphatic heterocycles. The molecule has 0 radical (unpaired) electrons. The summed E-state index contributed by atoms with van der Waals surface area (Å²) in [4.78, 5) is 32.7. The summed E-state index contributed by atoms with van der Waals surface area (Å²) in [5, 5.41) is 12.8. The van der Waals surface area contributed by atoms with Gasteiger partial charge >= 0.3 is 5.63 Å². The molecule has 0 spiro atoms. The van der Waals surface area contributed by atoms with E-state index in [1.165, 1.54) is 18.7 Å². The second-order valence-electron chi connectivity index (χ2n) is 10.4. The van der Waals surface area contributed by atoms with Crippen molar-refractivity contribution in [3.05, 3.63) is 69.9 Å². The number of ether oxygens (including phenoxy) is 2. The molecule has 212 valence electrons. The number of hydrogen-bond acceptors (Lipinski definition) is 8. The monoisotopic (exact) mass is 531 g/mol. The molecule has 0 fully saturated rings. The lowest BCUT2D eigenvalue weighted by Crippen LogP contribution is -2.19. The smallest absolute Gasteiger partial charge is 0.350 e. The number of Topliss-reactive ketones (excluding diaryl/α,β-unsaturated/α-hetero) is 1. The molecule has 1 heterocycles. The van der Waals surface area contributed by atoms with Gasteiger partial charge < -0.3 is 24.3 Å². The molecule has 1 aromatic heterocycles. The van der Waals surface area contributed by atoms with Gasteiger partial charge in [0.15, 0.2) is 5.78 Å². The molecule has 2 N–H and O–H groups in total. The van der Waals surface area contributed by atoms with Crippen LogP contribution in [0.2, 0.25) is 0 Å². The second-order valence-corrected chi connectivity index (χ2v) is 10.4. The zero-order valence-electron chi connectivity index (χ0n) is 24.3. The van der Waals surface area contributed by atoms with E-state index in [1.807, 2.05) is 38.4 Å². The number of aryl methyl sites for hydroxylation is 1. The highest BCUT2D eigenvalue weighted by Crippen LogP contribution is 2.25. The van der Waals surface area contributed by atoms with Gasteiger partial charge in [0.1, 0.15) is 22.8 Å². The Labute approximate surface area is 227 Å². The third kappa shape index (κ3) is 14.3. The molecular formula is C30H45NO7. The quantitative estimate of drug-likeness (QED) is 0.283. The van der Waals surface area contributed by atoms with Gasteiger partial charge in [0.2, 0.25) is 0 Å². The Morgan fingerprint density at radius 1 is 1.16 bits per heavy atom. The molecule has 8 nitrogen and oxygen atoms in total. The Hall–Kier alpha value is -3.55. The van der Waals surface area contributed by atoms with E-state index in [-0.39, 0.29) is 28.6 Å². The first kappa shape index (κ1) is 34.5. The van der Waals surface area contributed by atoms with Gasteiger partial charge in [-0.05, 0) is 43.5 Å². The van der Waals surface area contributed by atoms with Crippen molar-refractivity contribution in [2.75, 3.05) is 20.8 Å². The SMILES string of the molecule is CN/C=C/CCC(C)c1cc(O)c(C(=O)C(C)C)c(=O)o1.COC=O.Cc1ccc(OCC(C)(C)C)cc1. The van der Waals surface area contributed by atoms with Gasteiger partial charge in [0.05, 0.1) is 13.7 Å². The number of allylic oxidation sites excluding steroid dienone is 1. The first-order valence-electron chi connectivity index (χ1n) is 12.7. The number of carbonyl (C=O) groups excluding carboxylic acids is 2. The van der Waals surface area contributed by atoms with E-state index in [1.54, 1.807) is 13.8 Å². The van der Waals surface area contributed by atoms with Crippen molar-refractivity contribution < 1.29 is 28.6 Å². The number of ketones is 1. The predicted molar refractivity (Wildman–Crippen MR) is 151 cm³/mol. The Kier molecular flexibility index (Phi) is 16.2. The van der Waals surface area contributed by atoms with E-state index in [0.717, 1.165) is 25.2 Å². The third-order valence-corrected chi connectivity index (χ3v) is 5.05. The number of nitrogens with one attached hydrogen (secondary N) is 1. The number of rotatable bonds is 10. The first-order chi connectivity index (χ1) is 17.8. The van der Waals surface area contributed by atoms with E-state index in [4.69, 9.17) is 13.9 Å². The van der Waals surface area contributed by atoms with E-state index in [9.17, 15) is 14.7 Å². The Morgan fingerprint density at radius 2 is 1.74 bits per heavy atom. The molecule has 8 heteroatoms. The van der Waals surface area contributed by atoms with Crippen LogP contribution in [-0.4, -0.2) is 38.1 Å². The van der Waals surface area contributed by atoms with Crippen LogP contribution in [0.1, 0.15) is 82.0 Å². The number of aromatic hydroxyl groups is 1. The third-order valence-electron chi connectivity index (χ3n) is 5.05. The molecule has 0 amide bonds. The number of benzene rings is 1. The van der Waals surface area contributed by atoms with Crippen LogP contribution >= 0.6 is 0 Å². The Bertz CT molecular complexity index is 1050. The van der Waals surface area contributed by atoms with Gasteiger partial charge in [-0.1, -0.05) is 65.3 Å². The molecule has 0 bridgehead atoms. The maximum Gasteiger partial charge on any atom is 0.350 e. The van der Waals surface area contributed by atoms with Gasteiger partial charge in [-0.3, -0.25) is 9.59 Å². The molecule has 0 aliphatic carbocycles. The van der Waals surface area contributed by atoms with E-state index in [2.05, 4.69) is 49.9 Å². The standard InChI is InChI=1S/C16H23NO4.C12H18O.C2H4O2/c1-10(2)15(19)14-12(18)9-13(21-16(14)20)11(3)7-5-6-8-17-4;1-10-5-7-11(8-6-10)13-9-12(2,3)4;1-4-2-3/h6,8-11,17-18H,5,7H2,1-4H3;5-8H,9H2,1-4H3;2H,1H3/b8-6+;;. The summed E-state index contributed by atoms with van der Waals surface area (Å²) < 4.78 is 14.7. The molecule has 2 aromatic rings. The number of hydrogen-bond donors (Lipinski definition) is 2. The highest BCUT2D eigenvalue weighted by atomic mass is 16.5. The molecule has 1 atom stereocenters. The van der Waals surface area contributed by atoms with E-state index >= 15 is 0 Å². The highest BCUT2D eigenvalue weighted by molar-refractivity contribution is 5.99. The lowest BCUT2D eigenvalue weighted by Gasteiger charge is -2.18. The summed E-state index contributed by atoms with van der Waals surface area (Å²) in [6.45, 7) is 15.0. The molecule has 38 heavy (non-hydrogen) atoms. The Morgan fingerprint density at radius 3 is 2.18 bits per heavy atom. The van der Waals surface area contributed by atoms with Crippen LogP contribution in [0.3, 0.4) is 0 Å². The van der Waals surface area contributed by atoms with E-state index in [0.29, 0.717) is 12.2 Å². The predicted octanol–water partition coefficient (Wildman–Crippen LogP) is 6.01. The van der Waals surface area contributed by atoms with Crippen LogP contribution < -0.4 is 15.7 Å². The van der Waals surface area contributed by atoms with Crippen LogP contribution in [0, 0.1) is 18.3 Å². The second kappa shape index (κ2) is 17.8. The van der Waals surface area contributed by atoms with Crippen molar-refractivity contribution in [1.29, 1.82) is 0 Å². The molecule has 0 saturated carbocycles. The molecule has 1 unspecified atom stereocenters. The van der Waals surface area contributed by atoms with Crippen LogP contribution in [0.4, 0.5) is 0 Å². The van der Waals surface area contributed by atoms with Crippen molar-refractivity contribution in [3.63, 3.8) is 0 Å². The minimum Gasteiger partial charge on any atom is -0.507 e. The fourth-order valence-corrected chi connectivity index (χ4v) is 2.88. The van der Waals surface area contributed by atoms with Crippen molar-refractivity contribution in [1.82, 2.24) is 5.32 Å². The Balaban J connectivity index is 0.000000682. The fourth-order valence-electron chi connectivity index (χ4n) is 2.88. The molecule has 0 aliphatic rings. The molecular weight excluding hydrogens is 486 g/mol. The normalized spacial score (nSPS) is 11.5. The lowest BCUT2D eigenvalue weighted by molar-refractivity contribution is -0.126. The van der Waals surface area contributed by atoms with Crippen LogP contribution in [0.25, 0.3) is 0 Å². The average molecular weight is 532 g/mol. The molecule has 1 aromatic carbocycles. The maximum atomic E-state index is 11.9. The van der Waals surface area contributed by atoms with Gasteiger partial charge in [-0.2, -0.15) is 0 Å². The fraction of sp³-hybridized carbons (Fsp3) is 0.500. The summed E-state index contributed by atoms with van der Waals surface area (Å²) in [5.74, 6) is 0.272. The zero-order chi connectivity index (χ0) is 29.3. The van der Waals surface area contributed by atoms with E-state index < -0.39 is 11.4 Å². The van der Waals surface area contributed by atoms with Crippen molar-refractivity contribution >= 4 is 12.3 Å². The maximum absolute atomic E-state index is 11.9. The topological polar surface area (TPSA) is 115 Å². The average Bonchev–Trinajstić information content (AvgIpc) is 2.85. The lowest BCUT2D eigenvalue weighted by atomic mass is 9.99. The molecule has 2 rings (SSSR count). The minimum absolute atomic E-state index is 0.0201. The summed E-state index contributed by atoms with van der Waals surface area (Å²) in [6.07, 6.45) is 5.41. The van der Waals surface area contributed by atoms with Crippen LogP contribution in [0.15, 0.2) is 51.8 Å². The van der Waals surface area contributed by atoms with Crippen molar-refractivity contribution in [2.24, 2.45) is 11.3 Å². The van der Waals surface area contributed by atoms with Gasteiger partial charge in [0, 0.05) is 24.9 Å². The zero-order valence-corrected chi connectivity index (χ0v) is 24.3. The summed E-state index contributed by atoms with van der Waals surface area (Å²) in [5.41, 5.74) is 0.477.